The van der Waals surface area contributed by atoms with E-state index in [9.17, 15) is 9.59 Å². The lowest BCUT2D eigenvalue weighted by Crippen LogP contribution is -2.32. The molecule has 0 saturated heterocycles. The van der Waals surface area contributed by atoms with Crippen molar-refractivity contribution in [1.29, 1.82) is 0 Å². The van der Waals surface area contributed by atoms with Gasteiger partial charge >= 0.3 is 6.09 Å². The fourth-order valence-corrected chi connectivity index (χ4v) is 2.20. The zero-order valence-electron chi connectivity index (χ0n) is 14.6. The molecule has 0 aliphatic rings. The summed E-state index contributed by atoms with van der Waals surface area (Å²) in [7, 11) is 0. The monoisotopic (exact) mass is 341 g/mol. The molecule has 0 bridgehead atoms. The molecule has 0 aromatic heterocycles. The number of benzene rings is 2. The van der Waals surface area contributed by atoms with Crippen LogP contribution >= 0.6 is 0 Å². The zero-order valence-corrected chi connectivity index (χ0v) is 14.6. The minimum absolute atomic E-state index is 0.122. The molecule has 2 rings (SSSR count). The summed E-state index contributed by atoms with van der Waals surface area (Å²) >= 11 is 0. The van der Waals surface area contributed by atoms with Crippen LogP contribution in [0.2, 0.25) is 0 Å². The molecule has 0 aliphatic carbocycles. The van der Waals surface area contributed by atoms with Crippen LogP contribution < -0.4 is 16.0 Å². The number of amides is 2. The van der Waals surface area contributed by atoms with Gasteiger partial charge in [0.15, 0.2) is 0 Å². The fraction of sp³-hybridized carbons (Fsp3) is 0.263. The van der Waals surface area contributed by atoms with Crippen LogP contribution in [0.5, 0.6) is 0 Å². The van der Waals surface area contributed by atoms with Gasteiger partial charge in [-0.05, 0) is 56.7 Å². The molecule has 2 aromatic rings. The number of hydrogen-bond donors (Lipinski definition) is 3. The Balaban J connectivity index is 1.91. The lowest BCUT2D eigenvalue weighted by atomic mass is 10.2. The van der Waals surface area contributed by atoms with E-state index in [1.807, 2.05) is 31.2 Å². The van der Waals surface area contributed by atoms with Gasteiger partial charge in [-0.3, -0.25) is 10.1 Å². The van der Waals surface area contributed by atoms with Gasteiger partial charge in [-0.25, -0.2) is 4.79 Å². The molecule has 6 heteroatoms. The average molecular weight is 341 g/mol. The average Bonchev–Trinajstić information content (AvgIpc) is 2.59. The minimum atomic E-state index is -0.491. The van der Waals surface area contributed by atoms with Crippen molar-refractivity contribution in [2.24, 2.45) is 0 Å². The first-order chi connectivity index (χ1) is 12.0. The number of anilines is 3. The summed E-state index contributed by atoms with van der Waals surface area (Å²) in [5.41, 5.74) is 3.22. The maximum absolute atomic E-state index is 12.3. The Morgan fingerprint density at radius 3 is 2.28 bits per heavy atom. The lowest BCUT2D eigenvalue weighted by molar-refractivity contribution is -0.116. The summed E-state index contributed by atoms with van der Waals surface area (Å²) in [5, 5.41) is 8.65. The summed E-state index contributed by atoms with van der Waals surface area (Å²) in [4.78, 5) is 23.7. The van der Waals surface area contributed by atoms with Crippen molar-refractivity contribution >= 4 is 29.1 Å². The van der Waals surface area contributed by atoms with Gasteiger partial charge in [0.1, 0.15) is 6.04 Å². The van der Waals surface area contributed by atoms with Gasteiger partial charge < -0.3 is 15.4 Å². The van der Waals surface area contributed by atoms with E-state index < -0.39 is 12.1 Å². The summed E-state index contributed by atoms with van der Waals surface area (Å²) < 4.78 is 4.82. The Kier molecular flexibility index (Phi) is 6.39. The lowest BCUT2D eigenvalue weighted by Gasteiger charge is -2.16. The fourth-order valence-electron chi connectivity index (χ4n) is 2.20. The van der Waals surface area contributed by atoms with Crippen LogP contribution in [0.1, 0.15) is 19.4 Å². The molecule has 6 nitrogen and oxygen atoms in total. The predicted octanol–water partition coefficient (Wildman–Crippen LogP) is 4.00. The molecule has 0 heterocycles. The van der Waals surface area contributed by atoms with Gasteiger partial charge in [-0.1, -0.05) is 18.2 Å². The third-order valence-corrected chi connectivity index (χ3v) is 3.59. The molecule has 1 atom stereocenters. The van der Waals surface area contributed by atoms with Crippen LogP contribution in [0.15, 0.2) is 48.5 Å². The third kappa shape index (κ3) is 5.53. The van der Waals surface area contributed by atoms with Crippen molar-refractivity contribution in [3.05, 3.63) is 54.1 Å². The van der Waals surface area contributed by atoms with Crippen LogP contribution in [0.4, 0.5) is 21.9 Å². The normalized spacial score (nSPS) is 11.3. The molecule has 0 aliphatic heterocycles. The van der Waals surface area contributed by atoms with Gasteiger partial charge in [-0.15, -0.1) is 0 Å². The van der Waals surface area contributed by atoms with E-state index in [-0.39, 0.29) is 5.91 Å². The zero-order chi connectivity index (χ0) is 18.2. The molecule has 3 N–H and O–H groups in total. The highest BCUT2D eigenvalue weighted by Gasteiger charge is 2.13. The molecule has 0 fully saturated rings. The van der Waals surface area contributed by atoms with Gasteiger partial charge in [0, 0.05) is 17.1 Å². The Morgan fingerprint density at radius 2 is 1.64 bits per heavy atom. The maximum atomic E-state index is 12.3. The van der Waals surface area contributed by atoms with E-state index in [1.54, 1.807) is 38.1 Å². The number of nitrogens with one attached hydrogen (secondary N) is 3. The van der Waals surface area contributed by atoms with Crippen molar-refractivity contribution in [3.63, 3.8) is 0 Å². The quantitative estimate of drug-likeness (QED) is 0.742. The Bertz CT molecular complexity index is 729. The van der Waals surface area contributed by atoms with E-state index >= 15 is 0 Å². The first-order valence-corrected chi connectivity index (χ1v) is 8.16. The van der Waals surface area contributed by atoms with Gasteiger partial charge in [-0.2, -0.15) is 0 Å². The van der Waals surface area contributed by atoms with Gasteiger partial charge in [0.25, 0.3) is 0 Å². The Hall–Kier alpha value is -3.02. The van der Waals surface area contributed by atoms with E-state index in [2.05, 4.69) is 16.0 Å². The number of hydrogen-bond acceptors (Lipinski definition) is 4. The molecule has 0 radical (unpaired) electrons. The van der Waals surface area contributed by atoms with Crippen molar-refractivity contribution < 1.29 is 14.3 Å². The van der Waals surface area contributed by atoms with Crippen molar-refractivity contribution in [3.8, 4) is 0 Å². The molecule has 2 amide bonds. The van der Waals surface area contributed by atoms with E-state index in [1.165, 1.54) is 0 Å². The number of carbonyl (C=O) groups is 2. The standard InChI is InChI=1S/C19H23N3O3/c1-4-25-19(24)21-16-11-9-15(10-12-16)20-14(3)18(23)22-17-8-6-5-7-13(17)2/h5-12,14,20H,4H2,1-3H3,(H,21,24)(H,22,23)/t14-/m1/s1. The largest absolute Gasteiger partial charge is 0.450 e. The van der Waals surface area contributed by atoms with Gasteiger partial charge in [0.2, 0.25) is 5.91 Å². The minimum Gasteiger partial charge on any atom is -0.450 e. The smallest absolute Gasteiger partial charge is 0.411 e. The highest BCUT2D eigenvalue weighted by molar-refractivity contribution is 5.96. The number of ether oxygens (including phenoxy) is 1. The van der Waals surface area contributed by atoms with E-state index in [4.69, 9.17) is 4.74 Å². The second kappa shape index (κ2) is 8.73. The summed E-state index contributed by atoms with van der Waals surface area (Å²) in [5.74, 6) is -0.122. The highest BCUT2D eigenvalue weighted by Crippen LogP contribution is 2.16. The first-order valence-electron chi connectivity index (χ1n) is 8.16. The molecular formula is C19H23N3O3. The molecular weight excluding hydrogens is 318 g/mol. The van der Waals surface area contributed by atoms with Gasteiger partial charge in [0.05, 0.1) is 6.61 Å². The maximum Gasteiger partial charge on any atom is 0.411 e. The summed E-state index contributed by atoms with van der Waals surface area (Å²) in [6, 6.07) is 14.3. The first kappa shape index (κ1) is 18.3. The van der Waals surface area contributed by atoms with Crippen LogP contribution in [0.3, 0.4) is 0 Å². The second-order valence-corrected chi connectivity index (χ2v) is 5.59. The van der Waals surface area contributed by atoms with Crippen LogP contribution in [0.25, 0.3) is 0 Å². The van der Waals surface area contributed by atoms with Crippen molar-refractivity contribution in [2.75, 3.05) is 22.6 Å². The van der Waals surface area contributed by atoms with E-state index in [0.717, 1.165) is 16.9 Å². The number of para-hydroxylation sites is 1. The van der Waals surface area contributed by atoms with Crippen molar-refractivity contribution in [2.45, 2.75) is 26.8 Å². The van der Waals surface area contributed by atoms with Crippen molar-refractivity contribution in [1.82, 2.24) is 0 Å². The van der Waals surface area contributed by atoms with E-state index in [0.29, 0.717) is 12.3 Å². The topological polar surface area (TPSA) is 79.5 Å². The summed E-state index contributed by atoms with van der Waals surface area (Å²) in [6.45, 7) is 5.80. The van der Waals surface area contributed by atoms with Crippen LogP contribution in [-0.4, -0.2) is 24.6 Å². The Labute approximate surface area is 147 Å². The molecule has 25 heavy (non-hydrogen) atoms. The molecule has 2 aromatic carbocycles. The SMILES string of the molecule is CCOC(=O)Nc1ccc(N[C@H](C)C(=O)Nc2ccccc2C)cc1. The summed E-state index contributed by atoms with van der Waals surface area (Å²) in [6.07, 6.45) is -0.491. The predicted molar refractivity (Wildman–Crippen MR) is 100.0 cm³/mol. The Morgan fingerprint density at radius 1 is 1.00 bits per heavy atom. The third-order valence-electron chi connectivity index (χ3n) is 3.59. The molecule has 0 unspecified atom stereocenters. The number of rotatable bonds is 6. The van der Waals surface area contributed by atoms with Crippen LogP contribution in [-0.2, 0) is 9.53 Å². The van der Waals surface area contributed by atoms with Crippen LogP contribution in [0, 0.1) is 6.92 Å². The highest BCUT2D eigenvalue weighted by atomic mass is 16.5. The number of carbonyl (C=O) groups excluding carboxylic acids is 2. The molecule has 0 spiro atoms. The number of aryl methyl sites for hydroxylation is 1. The molecule has 0 saturated carbocycles. The molecule has 132 valence electrons. The second-order valence-electron chi connectivity index (χ2n) is 5.59.